The lowest BCUT2D eigenvalue weighted by molar-refractivity contribution is 0.169. The van der Waals surface area contributed by atoms with E-state index in [9.17, 15) is 0 Å². The monoisotopic (exact) mass is 274 g/mol. The van der Waals surface area contributed by atoms with Crippen molar-refractivity contribution in [3.8, 4) is 5.75 Å². The highest BCUT2D eigenvalue weighted by atomic mass is 16.5. The fourth-order valence-corrected chi connectivity index (χ4v) is 2.85. The molecule has 0 aliphatic carbocycles. The molecule has 0 saturated carbocycles. The summed E-state index contributed by atoms with van der Waals surface area (Å²) >= 11 is 0. The highest BCUT2D eigenvalue weighted by molar-refractivity contribution is 5.43. The summed E-state index contributed by atoms with van der Waals surface area (Å²) in [4.78, 5) is 7.19. The zero-order valence-electron chi connectivity index (χ0n) is 12.4. The average molecular weight is 274 g/mol. The van der Waals surface area contributed by atoms with Gasteiger partial charge >= 0.3 is 0 Å². The average Bonchev–Trinajstić information content (AvgIpc) is 2.90. The number of rotatable bonds is 3. The lowest BCUT2D eigenvalue weighted by Crippen LogP contribution is -2.38. The maximum Gasteiger partial charge on any atom is 0.159 e. The third-order valence-electron chi connectivity index (χ3n) is 4.19. The summed E-state index contributed by atoms with van der Waals surface area (Å²) in [6.45, 7) is 6.80. The van der Waals surface area contributed by atoms with Crippen LogP contribution in [0.4, 0.5) is 0 Å². The van der Waals surface area contributed by atoms with Crippen LogP contribution in [-0.4, -0.2) is 45.7 Å². The first-order chi connectivity index (χ1) is 9.67. The smallest absolute Gasteiger partial charge is 0.159 e. The molecule has 3 rings (SSSR count). The van der Waals surface area contributed by atoms with Crippen LogP contribution in [-0.2, 0) is 0 Å². The van der Waals surface area contributed by atoms with Crippen LogP contribution in [0.25, 0.3) is 5.65 Å². The van der Waals surface area contributed by atoms with Gasteiger partial charge in [0.1, 0.15) is 5.75 Å². The van der Waals surface area contributed by atoms with Crippen molar-refractivity contribution >= 4 is 5.65 Å². The molecule has 0 aromatic carbocycles. The van der Waals surface area contributed by atoms with Crippen molar-refractivity contribution in [1.82, 2.24) is 19.5 Å². The predicted molar refractivity (Wildman–Crippen MR) is 78.2 cm³/mol. The topological polar surface area (TPSA) is 42.7 Å². The molecule has 108 valence electrons. The first-order valence-electron chi connectivity index (χ1n) is 7.31. The highest BCUT2D eigenvalue weighted by Gasteiger charge is 2.24. The number of ether oxygens (including phenoxy) is 1. The molecule has 20 heavy (non-hydrogen) atoms. The molecule has 1 aliphatic heterocycles. The van der Waals surface area contributed by atoms with Crippen LogP contribution in [0.5, 0.6) is 5.75 Å². The second-order valence-corrected chi connectivity index (χ2v) is 5.74. The summed E-state index contributed by atoms with van der Waals surface area (Å²) < 4.78 is 7.07. The van der Waals surface area contributed by atoms with Gasteiger partial charge in [0, 0.05) is 24.2 Å². The van der Waals surface area contributed by atoms with Gasteiger partial charge in [-0.25, -0.2) is 9.50 Å². The summed E-state index contributed by atoms with van der Waals surface area (Å²) in [6, 6.07) is 4.47. The molecular weight excluding hydrogens is 252 g/mol. The van der Waals surface area contributed by atoms with Gasteiger partial charge in [0.05, 0.1) is 7.11 Å². The van der Waals surface area contributed by atoms with Crippen molar-refractivity contribution in [1.29, 1.82) is 0 Å². The molecule has 1 fully saturated rings. The van der Waals surface area contributed by atoms with E-state index in [1.54, 1.807) is 7.11 Å². The van der Waals surface area contributed by atoms with E-state index < -0.39 is 0 Å². The van der Waals surface area contributed by atoms with Crippen molar-refractivity contribution in [2.24, 2.45) is 0 Å². The molecule has 0 bridgehead atoms. The molecule has 0 amide bonds. The fourth-order valence-electron chi connectivity index (χ4n) is 2.85. The normalized spacial score (nSPS) is 18.0. The number of fused-ring (bicyclic) bond motifs is 1. The zero-order valence-corrected chi connectivity index (χ0v) is 12.4. The van der Waals surface area contributed by atoms with Gasteiger partial charge in [-0.2, -0.15) is 5.10 Å². The first kappa shape index (κ1) is 13.4. The molecule has 0 spiro atoms. The van der Waals surface area contributed by atoms with E-state index in [-0.39, 0.29) is 0 Å². The fraction of sp³-hybridized carbons (Fsp3) is 0.600. The number of methoxy groups -OCH3 is 1. The highest BCUT2D eigenvalue weighted by Crippen LogP contribution is 2.27. The summed E-state index contributed by atoms with van der Waals surface area (Å²) in [5.41, 5.74) is 0.866. The van der Waals surface area contributed by atoms with E-state index in [2.05, 4.69) is 28.8 Å². The summed E-state index contributed by atoms with van der Waals surface area (Å²) in [5, 5.41) is 4.61. The first-order valence-corrected chi connectivity index (χ1v) is 7.31. The number of likely N-dealkylation sites (tertiary alicyclic amines) is 1. The van der Waals surface area contributed by atoms with Gasteiger partial charge in [0.2, 0.25) is 0 Å². The molecule has 0 atom stereocenters. The SMILES string of the molecule is COc1ccn2nc(C3CCN(C(C)C)CC3)nc2c1. The van der Waals surface area contributed by atoms with E-state index in [1.165, 1.54) is 0 Å². The van der Waals surface area contributed by atoms with Crippen LogP contribution in [0, 0.1) is 0 Å². The second-order valence-electron chi connectivity index (χ2n) is 5.74. The Morgan fingerprint density at radius 2 is 2.05 bits per heavy atom. The van der Waals surface area contributed by atoms with E-state index in [0.29, 0.717) is 12.0 Å². The minimum absolute atomic E-state index is 0.482. The standard InChI is InChI=1S/C15H22N4O/c1-11(2)18-7-4-12(5-8-18)15-16-14-10-13(20-3)6-9-19(14)17-15/h6,9-12H,4-5,7-8H2,1-3H3. The number of aromatic nitrogens is 3. The Morgan fingerprint density at radius 1 is 1.30 bits per heavy atom. The summed E-state index contributed by atoms with van der Waals surface area (Å²) in [5.74, 6) is 2.28. The zero-order chi connectivity index (χ0) is 14.1. The summed E-state index contributed by atoms with van der Waals surface area (Å²) in [6.07, 6.45) is 4.20. The van der Waals surface area contributed by atoms with E-state index >= 15 is 0 Å². The lowest BCUT2D eigenvalue weighted by atomic mass is 9.95. The number of hydrogen-bond donors (Lipinski definition) is 0. The van der Waals surface area contributed by atoms with Crippen LogP contribution < -0.4 is 4.74 Å². The Labute approximate surface area is 119 Å². The van der Waals surface area contributed by atoms with E-state index in [1.807, 2.05) is 22.8 Å². The molecule has 5 heteroatoms. The minimum Gasteiger partial charge on any atom is -0.497 e. The van der Waals surface area contributed by atoms with Crippen LogP contribution in [0.2, 0.25) is 0 Å². The van der Waals surface area contributed by atoms with Gasteiger partial charge in [-0.1, -0.05) is 0 Å². The predicted octanol–water partition coefficient (Wildman–Crippen LogP) is 2.33. The van der Waals surface area contributed by atoms with Gasteiger partial charge in [0.25, 0.3) is 0 Å². The van der Waals surface area contributed by atoms with Crippen molar-refractivity contribution in [3.63, 3.8) is 0 Å². The quantitative estimate of drug-likeness (QED) is 0.861. The van der Waals surface area contributed by atoms with Crippen LogP contribution >= 0.6 is 0 Å². The third-order valence-corrected chi connectivity index (χ3v) is 4.19. The van der Waals surface area contributed by atoms with Gasteiger partial charge in [-0.15, -0.1) is 0 Å². The van der Waals surface area contributed by atoms with E-state index in [4.69, 9.17) is 4.74 Å². The number of pyridine rings is 1. The molecule has 2 aromatic rings. The Balaban J connectivity index is 1.78. The molecular formula is C15H22N4O. The van der Waals surface area contributed by atoms with Gasteiger partial charge in [-0.3, -0.25) is 0 Å². The Hall–Kier alpha value is -1.62. The molecule has 0 unspecified atom stereocenters. The van der Waals surface area contributed by atoms with Crippen molar-refractivity contribution in [2.75, 3.05) is 20.2 Å². The van der Waals surface area contributed by atoms with Gasteiger partial charge in [-0.05, 0) is 45.8 Å². The van der Waals surface area contributed by atoms with Crippen molar-refractivity contribution < 1.29 is 4.74 Å². The van der Waals surface area contributed by atoms with E-state index in [0.717, 1.165) is 43.2 Å². The molecule has 2 aromatic heterocycles. The lowest BCUT2D eigenvalue weighted by Gasteiger charge is -2.33. The summed E-state index contributed by atoms with van der Waals surface area (Å²) in [7, 11) is 1.67. The molecule has 0 N–H and O–H groups in total. The van der Waals surface area contributed by atoms with Crippen molar-refractivity contribution in [3.05, 3.63) is 24.2 Å². The number of hydrogen-bond acceptors (Lipinski definition) is 4. The Kier molecular flexibility index (Phi) is 3.61. The van der Waals surface area contributed by atoms with Gasteiger partial charge in [0.15, 0.2) is 11.5 Å². The molecule has 1 aliphatic rings. The van der Waals surface area contributed by atoms with Crippen LogP contribution in [0.3, 0.4) is 0 Å². The number of piperidine rings is 1. The largest absolute Gasteiger partial charge is 0.497 e. The van der Waals surface area contributed by atoms with Crippen LogP contribution in [0.15, 0.2) is 18.3 Å². The maximum atomic E-state index is 5.23. The van der Waals surface area contributed by atoms with Gasteiger partial charge < -0.3 is 9.64 Å². The minimum atomic E-state index is 0.482. The number of nitrogens with zero attached hydrogens (tertiary/aromatic N) is 4. The Bertz CT molecular complexity index is 585. The van der Waals surface area contributed by atoms with Crippen LogP contribution in [0.1, 0.15) is 38.4 Å². The molecule has 0 radical (unpaired) electrons. The Morgan fingerprint density at radius 3 is 2.70 bits per heavy atom. The van der Waals surface area contributed by atoms with Crippen molar-refractivity contribution in [2.45, 2.75) is 38.6 Å². The maximum absolute atomic E-state index is 5.23. The molecule has 1 saturated heterocycles. The molecule has 5 nitrogen and oxygen atoms in total. The molecule has 3 heterocycles. The second kappa shape index (κ2) is 5.40. The third kappa shape index (κ3) is 2.50.